The van der Waals surface area contributed by atoms with Gasteiger partial charge in [-0.2, -0.15) is 0 Å². The van der Waals surface area contributed by atoms with Gasteiger partial charge >= 0.3 is 0 Å². The van der Waals surface area contributed by atoms with E-state index in [2.05, 4.69) is 20.8 Å². The third kappa shape index (κ3) is 5.27. The van der Waals surface area contributed by atoms with Crippen molar-refractivity contribution in [2.75, 3.05) is 11.1 Å². The van der Waals surface area contributed by atoms with Crippen molar-refractivity contribution in [2.45, 2.75) is 32.0 Å². The van der Waals surface area contributed by atoms with Gasteiger partial charge in [0.2, 0.25) is 5.91 Å². The zero-order chi connectivity index (χ0) is 21.7. The molecule has 0 saturated heterocycles. The summed E-state index contributed by atoms with van der Waals surface area (Å²) >= 11 is 1.30. The van der Waals surface area contributed by atoms with E-state index in [1.165, 1.54) is 11.8 Å². The van der Waals surface area contributed by atoms with Crippen LogP contribution in [-0.2, 0) is 11.8 Å². The summed E-state index contributed by atoms with van der Waals surface area (Å²) in [6, 6.07) is 14.8. The molecule has 0 saturated carbocycles. The maximum Gasteiger partial charge on any atom is 0.252 e. The van der Waals surface area contributed by atoms with Crippen molar-refractivity contribution >= 4 is 29.3 Å². The predicted octanol–water partition coefficient (Wildman–Crippen LogP) is 3.65. The molecule has 156 valence electrons. The van der Waals surface area contributed by atoms with Crippen molar-refractivity contribution in [2.24, 2.45) is 7.05 Å². The first kappa shape index (κ1) is 21.6. The number of aromatic nitrogens is 3. The summed E-state index contributed by atoms with van der Waals surface area (Å²) in [5.41, 5.74) is 3.40. The summed E-state index contributed by atoms with van der Waals surface area (Å²) in [6.45, 7) is 5.74. The number of anilines is 1. The molecule has 7 nitrogen and oxygen atoms in total. The Hall–Kier alpha value is -3.13. The summed E-state index contributed by atoms with van der Waals surface area (Å²) in [5.74, 6) is 0.564. The van der Waals surface area contributed by atoms with Crippen LogP contribution in [0.4, 0.5) is 5.69 Å². The van der Waals surface area contributed by atoms with E-state index < -0.39 is 0 Å². The summed E-state index contributed by atoms with van der Waals surface area (Å²) < 4.78 is 1.80. The Kier molecular flexibility index (Phi) is 6.89. The standard InChI is InChI=1S/C22H25N5O2S/c1-14-8-7-10-17(12-14)24-19(28)13-30-22-26-25-20(27(22)4)16(3)23-21(29)18-11-6-5-9-15(18)2/h5-12,16H,13H2,1-4H3,(H,23,29)(H,24,28)/t16-/m1/s1. The molecule has 0 radical (unpaired) electrons. The van der Waals surface area contributed by atoms with Crippen LogP contribution in [0.3, 0.4) is 0 Å². The first-order chi connectivity index (χ1) is 14.3. The fourth-order valence-corrected chi connectivity index (χ4v) is 3.76. The van der Waals surface area contributed by atoms with Crippen molar-refractivity contribution in [1.29, 1.82) is 0 Å². The average Bonchev–Trinajstić information content (AvgIpc) is 3.07. The first-order valence-corrected chi connectivity index (χ1v) is 10.6. The second-order valence-corrected chi connectivity index (χ2v) is 8.06. The monoisotopic (exact) mass is 423 g/mol. The Labute approximate surface area is 180 Å². The van der Waals surface area contributed by atoms with Crippen molar-refractivity contribution in [3.8, 4) is 0 Å². The van der Waals surface area contributed by atoms with Gasteiger partial charge in [-0.15, -0.1) is 10.2 Å². The smallest absolute Gasteiger partial charge is 0.252 e. The molecule has 0 aliphatic carbocycles. The van der Waals surface area contributed by atoms with E-state index >= 15 is 0 Å². The summed E-state index contributed by atoms with van der Waals surface area (Å²) in [6.07, 6.45) is 0. The van der Waals surface area contributed by atoms with Crippen LogP contribution in [0.15, 0.2) is 53.7 Å². The molecule has 0 spiro atoms. The lowest BCUT2D eigenvalue weighted by Crippen LogP contribution is -2.29. The molecule has 3 rings (SSSR count). The molecule has 1 aromatic heterocycles. The largest absolute Gasteiger partial charge is 0.342 e. The molecular formula is C22H25N5O2S. The maximum atomic E-state index is 12.6. The van der Waals surface area contributed by atoms with E-state index in [1.807, 2.05) is 70.3 Å². The molecule has 0 unspecified atom stereocenters. The Morgan fingerprint density at radius 3 is 2.60 bits per heavy atom. The Morgan fingerprint density at radius 2 is 1.87 bits per heavy atom. The number of aryl methyl sites for hydroxylation is 2. The molecule has 30 heavy (non-hydrogen) atoms. The molecule has 2 N–H and O–H groups in total. The highest BCUT2D eigenvalue weighted by Crippen LogP contribution is 2.20. The van der Waals surface area contributed by atoms with Crippen LogP contribution in [0.2, 0.25) is 0 Å². The second-order valence-electron chi connectivity index (χ2n) is 7.12. The molecule has 0 aliphatic rings. The minimum atomic E-state index is -0.329. The fourth-order valence-electron chi connectivity index (χ4n) is 3.05. The Balaban J connectivity index is 1.59. The van der Waals surface area contributed by atoms with Crippen LogP contribution >= 0.6 is 11.8 Å². The Morgan fingerprint density at radius 1 is 1.10 bits per heavy atom. The van der Waals surface area contributed by atoms with Crippen molar-refractivity contribution in [3.05, 3.63) is 71.0 Å². The van der Waals surface area contributed by atoms with Crippen molar-refractivity contribution in [1.82, 2.24) is 20.1 Å². The number of hydrogen-bond donors (Lipinski definition) is 2. The zero-order valence-corrected chi connectivity index (χ0v) is 18.3. The van der Waals surface area contributed by atoms with Gasteiger partial charge in [0.05, 0.1) is 11.8 Å². The van der Waals surface area contributed by atoms with Gasteiger partial charge in [0.1, 0.15) is 0 Å². The second kappa shape index (κ2) is 9.58. The molecule has 8 heteroatoms. The molecule has 1 atom stereocenters. The highest BCUT2D eigenvalue weighted by atomic mass is 32.2. The molecule has 0 aliphatic heterocycles. The van der Waals surface area contributed by atoms with E-state index in [9.17, 15) is 9.59 Å². The number of nitrogens with zero attached hydrogens (tertiary/aromatic N) is 3. The molecule has 1 heterocycles. The van der Waals surface area contributed by atoms with E-state index in [-0.39, 0.29) is 23.6 Å². The summed E-state index contributed by atoms with van der Waals surface area (Å²) in [4.78, 5) is 24.8. The van der Waals surface area contributed by atoms with Gasteiger partial charge in [-0.1, -0.05) is 42.1 Å². The van der Waals surface area contributed by atoms with Crippen molar-refractivity contribution in [3.63, 3.8) is 0 Å². The third-order valence-corrected chi connectivity index (χ3v) is 5.65. The lowest BCUT2D eigenvalue weighted by Gasteiger charge is -2.14. The number of rotatable bonds is 7. The SMILES string of the molecule is Cc1cccc(NC(=O)CSc2nnc([C@@H](C)NC(=O)c3ccccc3C)n2C)c1. The van der Waals surface area contributed by atoms with E-state index in [0.29, 0.717) is 16.5 Å². The minimum Gasteiger partial charge on any atom is -0.342 e. The maximum absolute atomic E-state index is 12.6. The van der Waals surface area contributed by atoms with Crippen LogP contribution in [0, 0.1) is 13.8 Å². The van der Waals surface area contributed by atoms with Gasteiger partial charge in [0.15, 0.2) is 11.0 Å². The van der Waals surface area contributed by atoms with Gasteiger partial charge < -0.3 is 15.2 Å². The van der Waals surface area contributed by atoms with Crippen LogP contribution in [0.1, 0.15) is 40.3 Å². The van der Waals surface area contributed by atoms with Crippen LogP contribution in [-0.4, -0.2) is 32.3 Å². The predicted molar refractivity (Wildman–Crippen MR) is 119 cm³/mol. The lowest BCUT2D eigenvalue weighted by molar-refractivity contribution is -0.113. The number of thioether (sulfide) groups is 1. The number of hydrogen-bond acceptors (Lipinski definition) is 5. The van der Waals surface area contributed by atoms with Crippen molar-refractivity contribution < 1.29 is 9.59 Å². The molecule has 2 amide bonds. The zero-order valence-electron chi connectivity index (χ0n) is 17.5. The quantitative estimate of drug-likeness (QED) is 0.566. The molecule has 0 fully saturated rings. The van der Waals surface area contributed by atoms with Gasteiger partial charge in [-0.25, -0.2) is 0 Å². The van der Waals surface area contributed by atoms with Gasteiger partial charge in [-0.3, -0.25) is 9.59 Å². The van der Waals surface area contributed by atoms with E-state index in [4.69, 9.17) is 0 Å². The van der Waals surface area contributed by atoms with E-state index in [0.717, 1.165) is 16.8 Å². The Bertz CT molecular complexity index is 1060. The van der Waals surface area contributed by atoms with E-state index in [1.54, 1.807) is 10.6 Å². The van der Waals surface area contributed by atoms with Crippen LogP contribution in [0.25, 0.3) is 0 Å². The first-order valence-electron chi connectivity index (χ1n) is 9.60. The van der Waals surface area contributed by atoms with Crippen LogP contribution in [0.5, 0.6) is 0 Å². The van der Waals surface area contributed by atoms with Crippen LogP contribution < -0.4 is 10.6 Å². The molecular weight excluding hydrogens is 398 g/mol. The number of carbonyl (C=O) groups is 2. The normalized spacial score (nSPS) is 11.7. The van der Waals surface area contributed by atoms with Gasteiger partial charge in [0, 0.05) is 18.3 Å². The molecule has 2 aromatic carbocycles. The fraction of sp³-hybridized carbons (Fsp3) is 0.273. The summed E-state index contributed by atoms with van der Waals surface area (Å²) in [7, 11) is 1.83. The average molecular weight is 424 g/mol. The topological polar surface area (TPSA) is 88.9 Å². The highest BCUT2D eigenvalue weighted by molar-refractivity contribution is 7.99. The third-order valence-electron chi connectivity index (χ3n) is 4.63. The number of amides is 2. The number of benzene rings is 2. The molecule has 0 bridgehead atoms. The molecule has 3 aromatic rings. The van der Waals surface area contributed by atoms with Gasteiger partial charge in [0.25, 0.3) is 5.91 Å². The van der Waals surface area contributed by atoms with Gasteiger partial charge in [-0.05, 0) is 50.1 Å². The lowest BCUT2D eigenvalue weighted by atomic mass is 10.1. The number of carbonyl (C=O) groups excluding carboxylic acids is 2. The minimum absolute atomic E-state index is 0.115. The highest BCUT2D eigenvalue weighted by Gasteiger charge is 2.19. The number of nitrogens with one attached hydrogen (secondary N) is 2. The summed E-state index contributed by atoms with van der Waals surface area (Å²) in [5, 5.41) is 14.8.